The highest BCUT2D eigenvalue weighted by molar-refractivity contribution is 5.97. The van der Waals surface area contributed by atoms with Gasteiger partial charge >= 0.3 is 5.97 Å². The molecule has 0 atom stereocenters. The first-order valence-electron chi connectivity index (χ1n) is 9.03. The van der Waals surface area contributed by atoms with E-state index in [2.05, 4.69) is 10.3 Å². The van der Waals surface area contributed by atoms with Crippen molar-refractivity contribution in [1.82, 2.24) is 14.9 Å². The van der Waals surface area contributed by atoms with Gasteiger partial charge in [0.2, 0.25) is 0 Å². The van der Waals surface area contributed by atoms with E-state index in [0.29, 0.717) is 34.0 Å². The monoisotopic (exact) mass is 389 g/mol. The van der Waals surface area contributed by atoms with Gasteiger partial charge in [0.1, 0.15) is 35.1 Å². The van der Waals surface area contributed by atoms with Gasteiger partial charge in [-0.25, -0.2) is 9.48 Å². The second-order valence-corrected chi connectivity index (χ2v) is 6.38. The van der Waals surface area contributed by atoms with Gasteiger partial charge in [-0.2, -0.15) is 5.10 Å². The largest absolute Gasteiger partial charge is 0.496 e. The van der Waals surface area contributed by atoms with Crippen molar-refractivity contribution >= 4 is 5.97 Å². The van der Waals surface area contributed by atoms with Gasteiger partial charge in [0.05, 0.1) is 12.8 Å². The minimum atomic E-state index is -0.506. The van der Waals surface area contributed by atoms with E-state index in [4.69, 9.17) is 14.0 Å². The van der Waals surface area contributed by atoms with E-state index in [-0.39, 0.29) is 6.61 Å². The Morgan fingerprint density at radius 3 is 2.59 bits per heavy atom. The molecule has 0 unspecified atom stereocenters. The van der Waals surface area contributed by atoms with Crippen molar-refractivity contribution in [3.8, 4) is 22.7 Å². The summed E-state index contributed by atoms with van der Waals surface area (Å²) >= 11 is 0. The number of benzene rings is 2. The number of hydrogen-bond donors (Lipinski definition) is 0. The molecule has 0 N–H and O–H groups in total. The molecule has 0 aliphatic carbocycles. The summed E-state index contributed by atoms with van der Waals surface area (Å²) in [5.41, 5.74) is 2.89. The number of methoxy groups -OCH3 is 1. The molecule has 2 aromatic heterocycles. The molecule has 4 aromatic rings. The van der Waals surface area contributed by atoms with Gasteiger partial charge in [-0.15, -0.1) is 0 Å². The summed E-state index contributed by atoms with van der Waals surface area (Å²) in [6.45, 7) is 1.79. The molecule has 0 saturated carbocycles. The molecule has 0 radical (unpaired) electrons. The van der Waals surface area contributed by atoms with Crippen LogP contribution in [0.3, 0.4) is 0 Å². The van der Waals surface area contributed by atoms with E-state index in [1.165, 1.54) is 0 Å². The maximum absolute atomic E-state index is 12.9. The number of hydrogen-bond acceptors (Lipinski definition) is 6. The quantitative estimate of drug-likeness (QED) is 0.460. The first-order chi connectivity index (χ1) is 14.2. The van der Waals surface area contributed by atoms with Crippen LogP contribution in [-0.2, 0) is 11.3 Å². The van der Waals surface area contributed by atoms with Crippen LogP contribution in [0, 0.1) is 6.92 Å². The lowest BCUT2D eigenvalue weighted by molar-refractivity contribution is 0.0465. The zero-order chi connectivity index (χ0) is 20.2. The minimum Gasteiger partial charge on any atom is -0.496 e. The first-order valence-corrected chi connectivity index (χ1v) is 9.03. The maximum atomic E-state index is 12.9. The molecule has 29 heavy (non-hydrogen) atoms. The van der Waals surface area contributed by atoms with Gasteiger partial charge in [-0.3, -0.25) is 0 Å². The average Bonchev–Trinajstić information content (AvgIpc) is 3.39. The molecule has 0 spiro atoms. The predicted octanol–water partition coefficient (Wildman–Crippen LogP) is 4.20. The summed E-state index contributed by atoms with van der Waals surface area (Å²) in [5.74, 6) is 0.767. The highest BCUT2D eigenvalue weighted by Crippen LogP contribution is 2.32. The Morgan fingerprint density at radius 2 is 1.86 bits per heavy atom. The van der Waals surface area contributed by atoms with E-state index in [9.17, 15) is 4.79 Å². The summed E-state index contributed by atoms with van der Waals surface area (Å²) in [6, 6.07) is 18.7. The molecule has 0 amide bonds. The van der Waals surface area contributed by atoms with Crippen LogP contribution < -0.4 is 4.74 Å². The number of carbonyl (C=O) groups excluding carboxylic acids is 1. The third-order valence-electron chi connectivity index (χ3n) is 4.34. The smallest absolute Gasteiger partial charge is 0.342 e. The highest BCUT2D eigenvalue weighted by Gasteiger charge is 2.22. The Morgan fingerprint density at radius 1 is 1.10 bits per heavy atom. The topological polar surface area (TPSA) is 79.4 Å². The van der Waals surface area contributed by atoms with Crippen LogP contribution in [0.4, 0.5) is 0 Å². The van der Waals surface area contributed by atoms with Crippen LogP contribution in [0.5, 0.6) is 5.75 Å². The number of para-hydroxylation sites is 2. The molecular weight excluding hydrogens is 370 g/mol. The van der Waals surface area contributed by atoms with Crippen molar-refractivity contribution in [3.63, 3.8) is 0 Å². The number of aryl methyl sites for hydroxylation is 1. The average molecular weight is 389 g/mol. The molecule has 2 heterocycles. The van der Waals surface area contributed by atoms with Crippen LogP contribution in [0.1, 0.15) is 21.8 Å². The summed E-state index contributed by atoms with van der Waals surface area (Å²) < 4.78 is 17.6. The molecule has 0 aliphatic rings. The molecule has 0 fully saturated rings. The van der Waals surface area contributed by atoms with Crippen LogP contribution >= 0.6 is 0 Å². The fourth-order valence-corrected chi connectivity index (χ4v) is 2.98. The van der Waals surface area contributed by atoms with Crippen molar-refractivity contribution in [2.75, 3.05) is 7.11 Å². The first kappa shape index (κ1) is 18.5. The summed E-state index contributed by atoms with van der Waals surface area (Å²) in [7, 11) is 1.58. The van der Waals surface area contributed by atoms with Gasteiger partial charge in [0.15, 0.2) is 0 Å². The van der Waals surface area contributed by atoms with E-state index in [1.807, 2.05) is 54.6 Å². The second kappa shape index (κ2) is 8.02. The molecule has 146 valence electrons. The fraction of sp³-hybridized carbons (Fsp3) is 0.136. The highest BCUT2D eigenvalue weighted by atomic mass is 16.5. The SMILES string of the molecule is COc1ccccc1-c1nn(-c2ccccc2)cc1C(=O)OCc1cc(C)on1. The van der Waals surface area contributed by atoms with E-state index in [1.54, 1.807) is 31.0 Å². The lowest BCUT2D eigenvalue weighted by Crippen LogP contribution is -2.06. The molecule has 0 bridgehead atoms. The van der Waals surface area contributed by atoms with Crippen molar-refractivity contribution in [3.05, 3.63) is 83.9 Å². The Kier molecular flexibility index (Phi) is 5.11. The van der Waals surface area contributed by atoms with Gasteiger partial charge in [0.25, 0.3) is 0 Å². The van der Waals surface area contributed by atoms with E-state index >= 15 is 0 Å². The third-order valence-corrected chi connectivity index (χ3v) is 4.34. The molecule has 7 nitrogen and oxygen atoms in total. The third kappa shape index (κ3) is 3.89. The number of nitrogens with zero attached hydrogens (tertiary/aromatic N) is 3. The number of carbonyl (C=O) groups is 1. The summed E-state index contributed by atoms with van der Waals surface area (Å²) in [5, 5.41) is 8.49. The van der Waals surface area contributed by atoms with Crippen LogP contribution in [0.2, 0.25) is 0 Å². The molecule has 4 rings (SSSR count). The molecule has 0 saturated heterocycles. The van der Waals surface area contributed by atoms with E-state index in [0.717, 1.165) is 5.69 Å². The molecule has 2 aromatic carbocycles. The lowest BCUT2D eigenvalue weighted by atomic mass is 10.1. The molecular formula is C22H19N3O4. The van der Waals surface area contributed by atoms with Crippen molar-refractivity contribution < 1.29 is 18.8 Å². The van der Waals surface area contributed by atoms with Gasteiger partial charge in [-0.1, -0.05) is 35.5 Å². The predicted molar refractivity (Wildman–Crippen MR) is 106 cm³/mol. The maximum Gasteiger partial charge on any atom is 0.342 e. The normalized spacial score (nSPS) is 10.7. The second-order valence-electron chi connectivity index (χ2n) is 6.38. The number of aromatic nitrogens is 3. The van der Waals surface area contributed by atoms with E-state index < -0.39 is 5.97 Å². The van der Waals surface area contributed by atoms with Crippen molar-refractivity contribution in [2.45, 2.75) is 13.5 Å². The fourth-order valence-electron chi connectivity index (χ4n) is 2.98. The Labute approximate surface area is 167 Å². The van der Waals surface area contributed by atoms with Gasteiger partial charge < -0.3 is 14.0 Å². The van der Waals surface area contributed by atoms with Crippen LogP contribution in [0.15, 0.2) is 71.4 Å². The zero-order valence-electron chi connectivity index (χ0n) is 16.0. The van der Waals surface area contributed by atoms with Gasteiger partial charge in [-0.05, 0) is 31.2 Å². The van der Waals surface area contributed by atoms with Crippen LogP contribution in [-0.4, -0.2) is 28.0 Å². The van der Waals surface area contributed by atoms with Gasteiger partial charge in [0, 0.05) is 17.8 Å². The van der Waals surface area contributed by atoms with Crippen LogP contribution in [0.25, 0.3) is 16.9 Å². The minimum absolute atomic E-state index is 0.0120. The summed E-state index contributed by atoms with van der Waals surface area (Å²) in [4.78, 5) is 12.9. The zero-order valence-corrected chi connectivity index (χ0v) is 16.0. The molecule has 0 aliphatic heterocycles. The number of esters is 1. The summed E-state index contributed by atoms with van der Waals surface area (Å²) in [6.07, 6.45) is 1.66. The van der Waals surface area contributed by atoms with Crippen molar-refractivity contribution in [1.29, 1.82) is 0 Å². The Balaban J connectivity index is 1.72. The number of rotatable bonds is 6. The Hall–Kier alpha value is -3.87. The standard InChI is InChI=1S/C22H19N3O4/c1-15-12-16(24-29-15)14-28-22(26)19-13-25(17-8-4-3-5-9-17)23-21(19)18-10-6-7-11-20(18)27-2/h3-13H,14H2,1-2H3. The number of ether oxygens (including phenoxy) is 2. The van der Waals surface area contributed by atoms with Crippen molar-refractivity contribution in [2.24, 2.45) is 0 Å². The lowest BCUT2D eigenvalue weighted by Gasteiger charge is -2.07. The Bertz CT molecular complexity index is 1130. The molecule has 7 heteroatoms.